The molecule has 0 unspecified atom stereocenters. The first kappa shape index (κ1) is 28.0. The van der Waals surface area contributed by atoms with Crippen molar-refractivity contribution in [2.45, 2.75) is 73.3 Å². The van der Waals surface area contributed by atoms with Crippen LogP contribution in [0.4, 0.5) is 17.1 Å². The molecule has 1 aliphatic rings. The molecule has 0 saturated carbocycles. The van der Waals surface area contributed by atoms with Crippen molar-refractivity contribution in [2.75, 3.05) is 30.9 Å². The topological polar surface area (TPSA) is 104 Å². The molecule has 0 bridgehead atoms. The van der Waals surface area contributed by atoms with Gasteiger partial charge in [0, 0.05) is 25.2 Å². The number of esters is 1. The lowest BCUT2D eigenvalue weighted by atomic mass is 9.79. The van der Waals surface area contributed by atoms with E-state index in [0.717, 1.165) is 5.69 Å². The van der Waals surface area contributed by atoms with E-state index in [1.54, 1.807) is 13.0 Å². The molecule has 2 rings (SSSR count). The second-order valence-corrected chi connectivity index (χ2v) is 9.81. The molecule has 0 fully saturated rings. The van der Waals surface area contributed by atoms with Gasteiger partial charge in [-0.25, -0.2) is 14.8 Å². The van der Waals surface area contributed by atoms with Crippen LogP contribution in [0.3, 0.4) is 0 Å². The van der Waals surface area contributed by atoms with Crippen molar-refractivity contribution in [1.29, 1.82) is 0 Å². The molecule has 35 heavy (non-hydrogen) atoms. The van der Waals surface area contributed by atoms with Crippen molar-refractivity contribution in [3.8, 4) is 0 Å². The molecule has 0 aliphatic carbocycles. The molecule has 192 valence electrons. The van der Waals surface area contributed by atoms with Crippen LogP contribution >= 0.6 is 0 Å². The lowest BCUT2D eigenvalue weighted by Crippen LogP contribution is -2.41. The Morgan fingerprint density at radius 3 is 2.17 bits per heavy atom. The SMILES string of the molecule is CCOC(=O)C1=NN(C(C)(C)C)C(=O)C1=Nc1ccc(N(C)C)cc1NC(=O)C(CC)(CC)CC. The third kappa shape index (κ3) is 5.89. The molecule has 0 atom stereocenters. The van der Waals surface area contributed by atoms with E-state index in [-0.39, 0.29) is 23.9 Å². The molecule has 0 aromatic heterocycles. The lowest BCUT2D eigenvalue weighted by molar-refractivity contribution is -0.134. The monoisotopic (exact) mass is 485 g/mol. The summed E-state index contributed by atoms with van der Waals surface area (Å²) in [5.41, 5.74) is 0.233. The Balaban J connectivity index is 2.64. The van der Waals surface area contributed by atoms with Gasteiger partial charge in [-0.2, -0.15) is 5.10 Å². The van der Waals surface area contributed by atoms with E-state index in [1.165, 1.54) is 5.01 Å². The third-order valence-corrected chi connectivity index (χ3v) is 6.41. The smallest absolute Gasteiger partial charge is 0.361 e. The van der Waals surface area contributed by atoms with Gasteiger partial charge in [-0.15, -0.1) is 0 Å². The number of hydrogen-bond donors (Lipinski definition) is 1. The van der Waals surface area contributed by atoms with Crippen LogP contribution in [0.2, 0.25) is 0 Å². The van der Waals surface area contributed by atoms with E-state index in [0.29, 0.717) is 30.6 Å². The molecular formula is C26H39N5O4. The summed E-state index contributed by atoms with van der Waals surface area (Å²) >= 11 is 0. The van der Waals surface area contributed by atoms with Gasteiger partial charge in [-0.1, -0.05) is 20.8 Å². The van der Waals surface area contributed by atoms with Gasteiger partial charge in [0.05, 0.1) is 23.5 Å². The summed E-state index contributed by atoms with van der Waals surface area (Å²) in [6.45, 7) is 13.3. The molecule has 9 nitrogen and oxygen atoms in total. The van der Waals surface area contributed by atoms with Gasteiger partial charge in [-0.3, -0.25) is 9.59 Å². The first-order chi connectivity index (χ1) is 16.3. The van der Waals surface area contributed by atoms with Gasteiger partial charge in [0.2, 0.25) is 5.91 Å². The molecule has 0 saturated heterocycles. The number of ether oxygens (including phenoxy) is 1. The number of carbonyl (C=O) groups excluding carboxylic acids is 3. The summed E-state index contributed by atoms with van der Waals surface area (Å²) in [5, 5.41) is 8.53. The highest BCUT2D eigenvalue weighted by Crippen LogP contribution is 2.36. The van der Waals surface area contributed by atoms with Gasteiger partial charge < -0.3 is 15.0 Å². The number of aliphatic imine (C=N–C) groups is 1. The molecule has 0 spiro atoms. The fourth-order valence-electron chi connectivity index (χ4n) is 3.89. The number of carbonyl (C=O) groups is 3. The minimum Gasteiger partial charge on any atom is -0.461 e. The average Bonchev–Trinajstić information content (AvgIpc) is 3.13. The number of rotatable bonds is 9. The quantitative estimate of drug-likeness (QED) is 0.517. The maximum absolute atomic E-state index is 13.4. The number of nitrogens with one attached hydrogen (secondary N) is 1. The zero-order chi connectivity index (χ0) is 26.6. The van der Waals surface area contributed by atoms with Crippen LogP contribution in [-0.2, 0) is 19.1 Å². The van der Waals surface area contributed by atoms with Crippen LogP contribution in [0.15, 0.2) is 28.3 Å². The highest BCUT2D eigenvalue weighted by Gasteiger charge is 2.42. The molecular weight excluding hydrogens is 446 g/mol. The molecule has 1 heterocycles. The molecule has 1 aromatic carbocycles. The van der Waals surface area contributed by atoms with Crippen molar-refractivity contribution in [3.63, 3.8) is 0 Å². The van der Waals surface area contributed by atoms with Crippen LogP contribution in [0.1, 0.15) is 67.7 Å². The zero-order valence-electron chi connectivity index (χ0n) is 22.5. The van der Waals surface area contributed by atoms with E-state index >= 15 is 0 Å². The molecule has 1 N–H and O–H groups in total. The van der Waals surface area contributed by atoms with Crippen LogP contribution < -0.4 is 10.2 Å². The van der Waals surface area contributed by atoms with Gasteiger partial charge in [0.25, 0.3) is 5.91 Å². The van der Waals surface area contributed by atoms with Gasteiger partial charge in [0.15, 0.2) is 11.4 Å². The fraction of sp³-hybridized carbons (Fsp3) is 0.577. The Hall–Kier alpha value is -3.23. The maximum Gasteiger partial charge on any atom is 0.361 e. The number of hydrogen-bond acceptors (Lipinski definition) is 7. The number of amides is 2. The number of benzene rings is 1. The van der Waals surface area contributed by atoms with Gasteiger partial charge in [0.1, 0.15) is 0 Å². The first-order valence-corrected chi connectivity index (χ1v) is 12.2. The standard InChI is InChI=1S/C26H39N5O4/c1-10-26(11-2,12-3)24(34)28-19-16-17(30(8)9)14-15-18(19)27-20-21(23(33)35-13-4)29-31(22(20)32)25(5,6)7/h14-16H,10-13H2,1-9H3,(H,28,34). The summed E-state index contributed by atoms with van der Waals surface area (Å²) in [5.74, 6) is -1.32. The Bertz CT molecular complexity index is 1020. The van der Waals surface area contributed by atoms with Crippen molar-refractivity contribution in [1.82, 2.24) is 5.01 Å². The minimum absolute atomic E-state index is 0.101. The van der Waals surface area contributed by atoms with E-state index in [2.05, 4.69) is 15.4 Å². The summed E-state index contributed by atoms with van der Waals surface area (Å²) in [7, 11) is 3.79. The first-order valence-electron chi connectivity index (χ1n) is 12.2. The lowest BCUT2D eigenvalue weighted by Gasteiger charge is -2.29. The van der Waals surface area contributed by atoms with Crippen LogP contribution in [0.5, 0.6) is 0 Å². The van der Waals surface area contributed by atoms with Crippen molar-refractivity contribution in [3.05, 3.63) is 18.2 Å². The maximum atomic E-state index is 13.4. The summed E-state index contributed by atoms with van der Waals surface area (Å²) in [4.78, 5) is 45.7. The van der Waals surface area contributed by atoms with Crippen LogP contribution in [0, 0.1) is 5.41 Å². The molecule has 9 heteroatoms. The predicted molar refractivity (Wildman–Crippen MR) is 140 cm³/mol. The largest absolute Gasteiger partial charge is 0.461 e. The van der Waals surface area contributed by atoms with E-state index in [4.69, 9.17) is 4.74 Å². The summed E-state index contributed by atoms with van der Waals surface area (Å²) < 4.78 is 5.13. The van der Waals surface area contributed by atoms with E-state index in [9.17, 15) is 14.4 Å². The fourth-order valence-corrected chi connectivity index (χ4v) is 3.89. The predicted octanol–water partition coefficient (Wildman–Crippen LogP) is 4.54. The Labute approximate surface area is 208 Å². The number of hydrazone groups is 1. The van der Waals surface area contributed by atoms with Crippen molar-refractivity contribution >= 4 is 46.3 Å². The Kier molecular flexibility index (Phi) is 8.81. The van der Waals surface area contributed by atoms with Gasteiger partial charge in [-0.05, 0) is 65.2 Å². The molecule has 1 aromatic rings. The highest BCUT2D eigenvalue weighted by atomic mass is 16.5. The van der Waals surface area contributed by atoms with Crippen molar-refractivity contribution in [2.24, 2.45) is 15.5 Å². The Morgan fingerprint density at radius 2 is 1.69 bits per heavy atom. The average molecular weight is 486 g/mol. The van der Waals surface area contributed by atoms with Crippen molar-refractivity contribution < 1.29 is 19.1 Å². The van der Waals surface area contributed by atoms with E-state index < -0.39 is 22.8 Å². The molecule has 2 amide bonds. The second kappa shape index (κ2) is 11.0. The Morgan fingerprint density at radius 1 is 1.09 bits per heavy atom. The van der Waals surface area contributed by atoms with Crippen LogP contribution in [-0.4, -0.2) is 60.5 Å². The van der Waals surface area contributed by atoms with E-state index in [1.807, 2.05) is 72.7 Å². The molecule has 1 aliphatic heterocycles. The zero-order valence-corrected chi connectivity index (χ0v) is 22.5. The van der Waals surface area contributed by atoms with Gasteiger partial charge >= 0.3 is 5.97 Å². The number of anilines is 2. The highest BCUT2D eigenvalue weighted by molar-refractivity contribution is 6.81. The summed E-state index contributed by atoms with van der Waals surface area (Å²) in [6, 6.07) is 5.37. The second-order valence-electron chi connectivity index (χ2n) is 9.81. The van der Waals surface area contributed by atoms with Crippen LogP contribution in [0.25, 0.3) is 0 Å². The normalized spacial score (nSPS) is 15.3. The minimum atomic E-state index is -0.719. The third-order valence-electron chi connectivity index (χ3n) is 6.41. The summed E-state index contributed by atoms with van der Waals surface area (Å²) in [6.07, 6.45) is 2.09. The number of nitrogens with zero attached hydrogens (tertiary/aromatic N) is 4. The molecule has 0 radical (unpaired) electrons.